The van der Waals surface area contributed by atoms with Gasteiger partial charge >= 0.3 is 0 Å². The van der Waals surface area contributed by atoms with Crippen molar-refractivity contribution in [2.45, 2.75) is 18.9 Å². The van der Waals surface area contributed by atoms with Gasteiger partial charge in [0.05, 0.1) is 5.02 Å². The van der Waals surface area contributed by atoms with Crippen LogP contribution in [0.5, 0.6) is 0 Å². The fourth-order valence-corrected chi connectivity index (χ4v) is 1.95. The smallest absolute Gasteiger partial charge is 0.142 e. The van der Waals surface area contributed by atoms with E-state index in [1.165, 1.54) is 12.1 Å². The molecule has 3 nitrogen and oxygen atoms in total. The van der Waals surface area contributed by atoms with Crippen molar-refractivity contribution < 1.29 is 4.39 Å². The number of hydrogen-bond acceptors (Lipinski definition) is 2. The van der Waals surface area contributed by atoms with Gasteiger partial charge in [0, 0.05) is 31.9 Å². The van der Waals surface area contributed by atoms with Gasteiger partial charge in [0.25, 0.3) is 0 Å². The van der Waals surface area contributed by atoms with Crippen molar-refractivity contribution >= 4 is 11.6 Å². The lowest BCUT2D eigenvalue weighted by Gasteiger charge is -2.12. The van der Waals surface area contributed by atoms with Gasteiger partial charge in [0.15, 0.2) is 0 Å². The minimum atomic E-state index is -0.429. The van der Waals surface area contributed by atoms with Crippen molar-refractivity contribution in [2.24, 2.45) is 12.8 Å². The van der Waals surface area contributed by atoms with Crippen molar-refractivity contribution in [3.05, 3.63) is 52.8 Å². The molecule has 2 N–H and O–H groups in total. The van der Waals surface area contributed by atoms with Gasteiger partial charge in [-0.1, -0.05) is 17.7 Å². The molecule has 0 radical (unpaired) electrons. The average Bonchev–Trinajstić information content (AvgIpc) is 2.75. The van der Waals surface area contributed by atoms with Gasteiger partial charge in [0.2, 0.25) is 0 Å². The first-order valence-electron chi connectivity index (χ1n) is 5.74. The molecule has 0 saturated carbocycles. The number of imidazole rings is 1. The second kappa shape index (κ2) is 5.50. The molecule has 2 rings (SSSR count). The number of hydrogen-bond donors (Lipinski definition) is 1. The Morgan fingerprint density at radius 3 is 2.89 bits per heavy atom. The number of benzene rings is 1. The summed E-state index contributed by atoms with van der Waals surface area (Å²) in [5.74, 6) is 0.543. The average molecular weight is 268 g/mol. The Balaban J connectivity index is 2.01. The molecule has 0 saturated heterocycles. The SMILES string of the molecule is Cn1ccnc1CCC(N)c1ccc(Cl)c(F)c1. The quantitative estimate of drug-likeness (QED) is 0.926. The minimum absolute atomic E-state index is 0.120. The van der Waals surface area contributed by atoms with Gasteiger partial charge in [-0.3, -0.25) is 0 Å². The molecule has 2 aromatic rings. The fourth-order valence-electron chi connectivity index (χ4n) is 1.83. The molecule has 96 valence electrons. The van der Waals surface area contributed by atoms with E-state index in [4.69, 9.17) is 17.3 Å². The molecule has 0 aliphatic heterocycles. The van der Waals surface area contributed by atoms with Gasteiger partial charge in [-0.2, -0.15) is 0 Å². The summed E-state index contributed by atoms with van der Waals surface area (Å²) in [6.45, 7) is 0. The summed E-state index contributed by atoms with van der Waals surface area (Å²) in [6, 6.07) is 4.47. The van der Waals surface area contributed by atoms with Crippen LogP contribution < -0.4 is 5.73 Å². The first kappa shape index (κ1) is 13.1. The van der Waals surface area contributed by atoms with Crippen LogP contribution in [0, 0.1) is 5.82 Å². The maximum atomic E-state index is 13.3. The molecule has 18 heavy (non-hydrogen) atoms. The second-order valence-electron chi connectivity index (χ2n) is 4.27. The molecule has 0 aliphatic rings. The van der Waals surface area contributed by atoms with E-state index in [1.54, 1.807) is 12.3 Å². The van der Waals surface area contributed by atoms with E-state index in [1.807, 2.05) is 17.8 Å². The van der Waals surface area contributed by atoms with E-state index >= 15 is 0 Å². The molecule has 0 aliphatic carbocycles. The zero-order valence-corrected chi connectivity index (χ0v) is 10.9. The molecule has 0 amide bonds. The van der Waals surface area contributed by atoms with Crippen molar-refractivity contribution in [1.29, 1.82) is 0 Å². The first-order valence-corrected chi connectivity index (χ1v) is 6.12. The predicted octanol–water partition coefficient (Wildman–Crippen LogP) is 2.85. The number of aryl methyl sites for hydroxylation is 2. The van der Waals surface area contributed by atoms with Gasteiger partial charge in [-0.15, -0.1) is 0 Å². The Kier molecular flexibility index (Phi) is 3.99. The third-order valence-corrected chi connectivity index (χ3v) is 3.28. The highest BCUT2D eigenvalue weighted by atomic mass is 35.5. The van der Waals surface area contributed by atoms with Crippen LogP contribution in [0.2, 0.25) is 5.02 Å². The zero-order valence-electron chi connectivity index (χ0n) is 10.1. The second-order valence-corrected chi connectivity index (χ2v) is 4.68. The first-order chi connectivity index (χ1) is 8.58. The monoisotopic (exact) mass is 267 g/mol. The predicted molar refractivity (Wildman–Crippen MR) is 69.9 cm³/mol. The van der Waals surface area contributed by atoms with E-state index in [0.717, 1.165) is 17.8 Å². The molecule has 1 atom stereocenters. The van der Waals surface area contributed by atoms with E-state index in [-0.39, 0.29) is 11.1 Å². The lowest BCUT2D eigenvalue weighted by molar-refractivity contribution is 0.599. The fraction of sp³-hybridized carbons (Fsp3) is 0.308. The summed E-state index contributed by atoms with van der Waals surface area (Å²) in [5, 5.41) is 0.120. The largest absolute Gasteiger partial charge is 0.338 e. The Morgan fingerprint density at radius 1 is 1.50 bits per heavy atom. The van der Waals surface area contributed by atoms with E-state index in [9.17, 15) is 4.39 Å². The Bertz CT molecular complexity index is 539. The summed E-state index contributed by atoms with van der Waals surface area (Å²) in [6.07, 6.45) is 5.12. The van der Waals surface area contributed by atoms with E-state index in [2.05, 4.69) is 4.98 Å². The maximum absolute atomic E-state index is 13.3. The molecular formula is C13H15ClFN3. The Labute approximate surface area is 110 Å². The van der Waals surface area contributed by atoms with Gasteiger partial charge in [-0.25, -0.2) is 9.37 Å². The van der Waals surface area contributed by atoms with Crippen LogP contribution in [0.1, 0.15) is 23.9 Å². The van der Waals surface area contributed by atoms with E-state index in [0.29, 0.717) is 6.42 Å². The summed E-state index contributed by atoms with van der Waals surface area (Å²) < 4.78 is 15.3. The zero-order chi connectivity index (χ0) is 13.1. The van der Waals surface area contributed by atoms with Crippen molar-refractivity contribution in [3.63, 3.8) is 0 Å². The van der Waals surface area contributed by atoms with Crippen LogP contribution in [0.3, 0.4) is 0 Å². The Morgan fingerprint density at radius 2 is 2.28 bits per heavy atom. The molecular weight excluding hydrogens is 253 g/mol. The lowest BCUT2D eigenvalue weighted by atomic mass is 10.0. The highest BCUT2D eigenvalue weighted by Gasteiger charge is 2.10. The van der Waals surface area contributed by atoms with Crippen molar-refractivity contribution in [1.82, 2.24) is 9.55 Å². The molecule has 1 aromatic carbocycles. The van der Waals surface area contributed by atoms with Crippen LogP contribution in [0.25, 0.3) is 0 Å². The topological polar surface area (TPSA) is 43.8 Å². The molecule has 5 heteroatoms. The van der Waals surface area contributed by atoms with Crippen LogP contribution in [0.15, 0.2) is 30.6 Å². The van der Waals surface area contributed by atoms with E-state index < -0.39 is 5.82 Å². The molecule has 1 unspecified atom stereocenters. The maximum Gasteiger partial charge on any atom is 0.142 e. The van der Waals surface area contributed by atoms with Crippen LogP contribution in [-0.2, 0) is 13.5 Å². The molecule has 1 aromatic heterocycles. The number of halogens is 2. The van der Waals surface area contributed by atoms with Crippen molar-refractivity contribution in [3.8, 4) is 0 Å². The molecule has 0 fully saturated rings. The highest BCUT2D eigenvalue weighted by molar-refractivity contribution is 6.30. The minimum Gasteiger partial charge on any atom is -0.338 e. The summed E-state index contributed by atoms with van der Waals surface area (Å²) in [7, 11) is 1.94. The summed E-state index contributed by atoms with van der Waals surface area (Å²) in [4.78, 5) is 4.23. The third-order valence-electron chi connectivity index (χ3n) is 2.97. The highest BCUT2D eigenvalue weighted by Crippen LogP contribution is 2.21. The normalized spacial score (nSPS) is 12.7. The number of nitrogens with two attached hydrogens (primary N) is 1. The summed E-state index contributed by atoms with van der Waals surface area (Å²) in [5.41, 5.74) is 6.79. The number of aromatic nitrogens is 2. The lowest BCUT2D eigenvalue weighted by Crippen LogP contribution is -2.12. The van der Waals surface area contributed by atoms with Gasteiger partial charge < -0.3 is 10.3 Å². The molecule has 0 bridgehead atoms. The number of nitrogens with zero attached hydrogens (tertiary/aromatic N) is 2. The molecule has 1 heterocycles. The third kappa shape index (κ3) is 2.89. The molecule has 0 spiro atoms. The van der Waals surface area contributed by atoms with Crippen LogP contribution in [-0.4, -0.2) is 9.55 Å². The van der Waals surface area contributed by atoms with Gasteiger partial charge in [-0.05, 0) is 24.1 Å². The van der Waals surface area contributed by atoms with Crippen molar-refractivity contribution in [2.75, 3.05) is 0 Å². The van der Waals surface area contributed by atoms with Gasteiger partial charge in [0.1, 0.15) is 11.6 Å². The summed E-state index contributed by atoms with van der Waals surface area (Å²) >= 11 is 5.64. The standard InChI is InChI=1S/C13H15ClFN3/c1-18-7-6-17-13(18)5-4-12(16)9-2-3-10(14)11(15)8-9/h2-3,6-8,12H,4-5,16H2,1H3. The number of rotatable bonds is 4. The van der Waals surface area contributed by atoms with Crippen LogP contribution >= 0.6 is 11.6 Å². The Hall–Kier alpha value is -1.39. The van der Waals surface area contributed by atoms with Crippen LogP contribution in [0.4, 0.5) is 4.39 Å².